The van der Waals surface area contributed by atoms with Gasteiger partial charge >= 0.3 is 0 Å². The average molecular weight is 187 g/mol. The fraction of sp³-hybridized carbons (Fsp3) is 1.00. The lowest BCUT2D eigenvalue weighted by Gasteiger charge is -2.42. The quantitative estimate of drug-likeness (QED) is 0.610. The van der Waals surface area contributed by atoms with Gasteiger partial charge in [-0.3, -0.25) is 0 Å². The van der Waals surface area contributed by atoms with E-state index in [2.05, 4.69) is 51.9 Å². The van der Waals surface area contributed by atoms with Gasteiger partial charge in [-0.2, -0.15) is 0 Å². The van der Waals surface area contributed by atoms with Crippen LogP contribution in [0, 0.1) is 0 Å². The lowest BCUT2D eigenvalue weighted by molar-refractivity contribution is 0.274. The molecule has 0 saturated heterocycles. The van der Waals surface area contributed by atoms with Gasteiger partial charge in [-0.25, -0.2) is 0 Å². The van der Waals surface area contributed by atoms with E-state index in [1.807, 2.05) is 0 Å². The minimum atomic E-state index is -1.10. The van der Waals surface area contributed by atoms with Crippen molar-refractivity contribution in [2.45, 2.75) is 65.8 Å². The second-order valence-electron chi connectivity index (χ2n) is 4.93. The van der Waals surface area contributed by atoms with Crippen LogP contribution in [0.2, 0.25) is 19.6 Å². The molecule has 12 heavy (non-hydrogen) atoms. The molecule has 1 nitrogen and oxygen atoms in total. The van der Waals surface area contributed by atoms with Crippen LogP contribution in [0.5, 0.6) is 0 Å². The van der Waals surface area contributed by atoms with Gasteiger partial charge in [-0.1, -0.05) is 47.3 Å². The summed E-state index contributed by atoms with van der Waals surface area (Å²) in [6.07, 6.45) is 1.27. The minimum absolute atomic E-state index is 0.701. The summed E-state index contributed by atoms with van der Waals surface area (Å²) in [5, 5.41) is 0. The van der Waals surface area contributed by atoms with Crippen LogP contribution in [0.3, 0.4) is 0 Å². The molecule has 0 spiro atoms. The second kappa shape index (κ2) is 4.42. The van der Waals surface area contributed by atoms with Crippen molar-refractivity contribution in [2.75, 3.05) is 0 Å². The Kier molecular flexibility index (Phi) is 4.49. The summed E-state index contributed by atoms with van der Waals surface area (Å²) < 4.78 is 2.72. The Morgan fingerprint density at radius 3 is 1.58 bits per heavy atom. The lowest BCUT2D eigenvalue weighted by Crippen LogP contribution is -2.54. The molecule has 0 N–H and O–H groups in total. The molecular formula is C10H25NSi. The van der Waals surface area contributed by atoms with E-state index in [9.17, 15) is 0 Å². The molecule has 0 radical (unpaired) electrons. The summed E-state index contributed by atoms with van der Waals surface area (Å²) in [4.78, 5) is 0. The van der Waals surface area contributed by atoms with Crippen molar-refractivity contribution in [3.8, 4) is 0 Å². The first-order valence-electron chi connectivity index (χ1n) is 5.09. The van der Waals surface area contributed by atoms with Crippen LogP contribution in [0.15, 0.2) is 0 Å². The molecular weight excluding hydrogens is 162 g/mol. The minimum Gasteiger partial charge on any atom is -0.319 e. The van der Waals surface area contributed by atoms with Gasteiger partial charge in [0.1, 0.15) is 8.24 Å². The zero-order valence-corrected chi connectivity index (χ0v) is 10.8. The van der Waals surface area contributed by atoms with Gasteiger partial charge in [0.15, 0.2) is 0 Å². The first-order valence-corrected chi connectivity index (χ1v) is 8.53. The maximum Gasteiger partial charge on any atom is 0.119 e. The summed E-state index contributed by atoms with van der Waals surface area (Å²) in [6, 6.07) is 1.45. The Balaban J connectivity index is 4.44. The summed E-state index contributed by atoms with van der Waals surface area (Å²) in [6.45, 7) is 16.5. The summed E-state index contributed by atoms with van der Waals surface area (Å²) in [5.74, 6) is 0. The van der Waals surface area contributed by atoms with Crippen LogP contribution < -0.4 is 0 Å². The summed E-state index contributed by atoms with van der Waals surface area (Å²) >= 11 is 0. The standard InChI is InChI=1S/C10H25NSi/c1-8-10(4)11(9(2)3)12(5,6)7/h9-10H,8H2,1-7H3. The molecule has 0 heterocycles. The van der Waals surface area contributed by atoms with Crippen molar-refractivity contribution in [2.24, 2.45) is 0 Å². The molecule has 0 amide bonds. The van der Waals surface area contributed by atoms with Gasteiger partial charge in [-0.05, 0) is 12.5 Å². The van der Waals surface area contributed by atoms with Crippen LogP contribution >= 0.6 is 0 Å². The molecule has 74 valence electrons. The lowest BCUT2D eigenvalue weighted by atomic mass is 10.2. The third-order valence-corrected chi connectivity index (χ3v) is 4.90. The monoisotopic (exact) mass is 187 g/mol. The SMILES string of the molecule is CCC(C)N(C(C)C)[Si](C)(C)C. The van der Waals surface area contributed by atoms with Gasteiger partial charge in [0.25, 0.3) is 0 Å². The first kappa shape index (κ1) is 12.2. The van der Waals surface area contributed by atoms with E-state index in [4.69, 9.17) is 0 Å². The average Bonchev–Trinajstić information content (AvgIpc) is 1.83. The molecule has 0 aliphatic rings. The fourth-order valence-corrected chi connectivity index (χ4v) is 5.20. The van der Waals surface area contributed by atoms with Crippen molar-refractivity contribution >= 4 is 8.24 Å². The molecule has 0 fully saturated rings. The largest absolute Gasteiger partial charge is 0.319 e. The Morgan fingerprint density at radius 2 is 1.50 bits per heavy atom. The second-order valence-corrected chi connectivity index (χ2v) is 9.79. The third-order valence-electron chi connectivity index (χ3n) is 2.40. The van der Waals surface area contributed by atoms with Crippen molar-refractivity contribution in [3.63, 3.8) is 0 Å². The molecule has 0 aromatic rings. The number of hydrogen-bond donors (Lipinski definition) is 0. The Hall–Kier alpha value is 0.177. The van der Waals surface area contributed by atoms with Gasteiger partial charge < -0.3 is 4.57 Å². The zero-order chi connectivity index (χ0) is 9.94. The predicted octanol–water partition coefficient (Wildman–Crippen LogP) is 3.33. The molecule has 2 heteroatoms. The van der Waals surface area contributed by atoms with Crippen molar-refractivity contribution in [1.29, 1.82) is 0 Å². The van der Waals surface area contributed by atoms with Crippen LogP contribution in [0.4, 0.5) is 0 Å². The van der Waals surface area contributed by atoms with Crippen molar-refractivity contribution < 1.29 is 0 Å². The normalized spacial score (nSPS) is 15.8. The van der Waals surface area contributed by atoms with E-state index in [1.54, 1.807) is 0 Å². The predicted molar refractivity (Wildman–Crippen MR) is 60.1 cm³/mol. The molecule has 1 unspecified atom stereocenters. The van der Waals surface area contributed by atoms with E-state index in [1.165, 1.54) is 6.42 Å². The highest BCUT2D eigenvalue weighted by Crippen LogP contribution is 2.18. The van der Waals surface area contributed by atoms with E-state index in [0.717, 1.165) is 6.04 Å². The number of rotatable bonds is 4. The highest BCUT2D eigenvalue weighted by Gasteiger charge is 2.29. The molecule has 1 atom stereocenters. The third kappa shape index (κ3) is 3.28. The molecule has 0 aromatic carbocycles. The van der Waals surface area contributed by atoms with Gasteiger partial charge in [-0.15, -0.1) is 0 Å². The van der Waals surface area contributed by atoms with Crippen LogP contribution in [-0.4, -0.2) is 24.9 Å². The molecule has 0 aliphatic carbocycles. The molecule has 0 saturated carbocycles. The zero-order valence-electron chi connectivity index (χ0n) is 9.81. The van der Waals surface area contributed by atoms with Crippen LogP contribution in [-0.2, 0) is 0 Å². The maximum atomic E-state index is 2.72. The first-order chi connectivity index (χ1) is 5.30. The fourth-order valence-electron chi connectivity index (χ4n) is 2.14. The Bertz CT molecular complexity index is 126. The van der Waals surface area contributed by atoms with Gasteiger partial charge in [0.05, 0.1) is 0 Å². The van der Waals surface area contributed by atoms with E-state index >= 15 is 0 Å². The highest BCUT2D eigenvalue weighted by atomic mass is 28.3. The van der Waals surface area contributed by atoms with E-state index in [-0.39, 0.29) is 0 Å². The number of hydrogen-bond acceptors (Lipinski definition) is 1. The Morgan fingerprint density at radius 1 is 1.08 bits per heavy atom. The molecule has 0 aromatic heterocycles. The van der Waals surface area contributed by atoms with E-state index < -0.39 is 8.24 Å². The van der Waals surface area contributed by atoms with Crippen LogP contribution in [0.1, 0.15) is 34.1 Å². The summed E-state index contributed by atoms with van der Waals surface area (Å²) in [5.41, 5.74) is 0. The maximum absolute atomic E-state index is 2.72. The highest BCUT2D eigenvalue weighted by molar-refractivity contribution is 6.73. The van der Waals surface area contributed by atoms with Gasteiger partial charge in [0, 0.05) is 6.04 Å². The summed E-state index contributed by atoms with van der Waals surface area (Å²) in [7, 11) is -1.10. The van der Waals surface area contributed by atoms with E-state index in [0.29, 0.717) is 6.04 Å². The molecule has 0 rings (SSSR count). The smallest absolute Gasteiger partial charge is 0.119 e. The molecule has 0 bridgehead atoms. The van der Waals surface area contributed by atoms with Crippen molar-refractivity contribution in [1.82, 2.24) is 4.57 Å². The number of nitrogens with zero attached hydrogens (tertiary/aromatic N) is 1. The topological polar surface area (TPSA) is 3.24 Å². The Labute approximate surface area is 79.2 Å². The van der Waals surface area contributed by atoms with Crippen molar-refractivity contribution in [3.05, 3.63) is 0 Å². The van der Waals surface area contributed by atoms with Gasteiger partial charge in [0.2, 0.25) is 0 Å². The molecule has 0 aliphatic heterocycles. The van der Waals surface area contributed by atoms with Crippen LogP contribution in [0.25, 0.3) is 0 Å².